The number of rotatable bonds is 7. The molecule has 0 saturated carbocycles. The number of ether oxygens (including phenoxy) is 3. The Labute approximate surface area is 195 Å². The highest BCUT2D eigenvalue weighted by Gasteiger charge is 2.21. The first-order valence-electron chi connectivity index (χ1n) is 11.1. The third-order valence-corrected chi connectivity index (χ3v) is 5.62. The molecule has 2 aromatic carbocycles. The molecule has 0 amide bonds. The smallest absolute Gasteiger partial charge is 0.281 e. The van der Waals surface area contributed by atoms with E-state index in [1.165, 1.54) is 0 Å². The second-order valence-corrected chi connectivity index (χ2v) is 8.05. The topological polar surface area (TPSA) is 117 Å². The fourth-order valence-corrected chi connectivity index (χ4v) is 3.87. The van der Waals surface area contributed by atoms with E-state index in [2.05, 4.69) is 20.3 Å². The summed E-state index contributed by atoms with van der Waals surface area (Å²) in [5.41, 5.74) is 6.99. The zero-order valence-corrected chi connectivity index (χ0v) is 18.4. The minimum atomic E-state index is -0.728. The van der Waals surface area contributed by atoms with Crippen molar-refractivity contribution in [3.63, 3.8) is 0 Å². The number of nitrogen functional groups attached to an aromatic ring is 1. The first kappa shape index (κ1) is 22.0. The molecule has 1 aromatic heterocycles. The number of nitrogens with one attached hydrogen (secondary N) is 1. The maximum Gasteiger partial charge on any atom is 0.281 e. The van der Waals surface area contributed by atoms with Gasteiger partial charge in [-0.3, -0.25) is 9.69 Å². The molecule has 2 aliphatic rings. The van der Waals surface area contributed by atoms with E-state index >= 15 is 0 Å². The lowest BCUT2D eigenvalue weighted by Crippen LogP contribution is -2.26. The molecular weight excluding hydrogens is 443 g/mol. The molecule has 0 radical (unpaired) electrons. The first-order chi connectivity index (χ1) is 16.5. The van der Waals surface area contributed by atoms with Gasteiger partial charge in [-0.1, -0.05) is 0 Å². The number of nitrogens with two attached hydrogens (primary N) is 1. The summed E-state index contributed by atoms with van der Waals surface area (Å²) >= 11 is 0. The van der Waals surface area contributed by atoms with Gasteiger partial charge in [0.2, 0.25) is 11.9 Å². The maximum atomic E-state index is 13.2. The van der Waals surface area contributed by atoms with E-state index in [-0.39, 0.29) is 11.9 Å². The summed E-state index contributed by atoms with van der Waals surface area (Å²) in [6.45, 7) is 3.33. The Morgan fingerprint density at radius 1 is 1.18 bits per heavy atom. The number of aromatic nitrogens is 3. The lowest BCUT2D eigenvalue weighted by molar-refractivity contribution is 0.0946. The maximum absolute atomic E-state index is 13.2. The summed E-state index contributed by atoms with van der Waals surface area (Å²) in [5, 5.41) is 7.23. The Bertz CT molecular complexity index is 1170. The predicted molar refractivity (Wildman–Crippen MR) is 123 cm³/mol. The molecule has 3 heterocycles. The van der Waals surface area contributed by atoms with Gasteiger partial charge < -0.3 is 25.3 Å². The van der Waals surface area contributed by atoms with Crippen molar-refractivity contribution in [2.24, 2.45) is 0 Å². The van der Waals surface area contributed by atoms with E-state index in [9.17, 15) is 9.18 Å². The molecule has 5 rings (SSSR count). The van der Waals surface area contributed by atoms with Crippen molar-refractivity contribution in [3.05, 3.63) is 48.0 Å². The molecule has 0 bridgehead atoms. The van der Waals surface area contributed by atoms with Crippen LogP contribution in [0.2, 0.25) is 0 Å². The molecule has 0 spiro atoms. The number of fused-ring (bicyclic) bond motifs is 1. The van der Waals surface area contributed by atoms with Crippen LogP contribution < -0.4 is 25.3 Å². The van der Waals surface area contributed by atoms with Gasteiger partial charge in [0.25, 0.3) is 5.91 Å². The average molecular weight is 468 g/mol. The van der Waals surface area contributed by atoms with E-state index in [0.717, 1.165) is 11.2 Å². The quantitative estimate of drug-likeness (QED) is 0.539. The highest BCUT2D eigenvalue weighted by Crippen LogP contribution is 2.31. The second kappa shape index (κ2) is 9.56. The Hall–Kier alpha value is -3.86. The molecule has 3 N–H and O–H groups in total. The van der Waals surface area contributed by atoms with Crippen molar-refractivity contribution in [2.45, 2.75) is 12.6 Å². The van der Waals surface area contributed by atoms with Crippen LogP contribution in [0.15, 0.2) is 42.5 Å². The van der Waals surface area contributed by atoms with Crippen molar-refractivity contribution in [1.82, 2.24) is 19.7 Å². The molecule has 178 valence electrons. The second-order valence-electron chi connectivity index (χ2n) is 8.05. The molecule has 0 aliphatic carbocycles. The Morgan fingerprint density at radius 2 is 1.97 bits per heavy atom. The first-order valence-corrected chi connectivity index (χ1v) is 11.1. The zero-order chi connectivity index (χ0) is 23.5. The van der Waals surface area contributed by atoms with Gasteiger partial charge in [0.05, 0.1) is 0 Å². The Morgan fingerprint density at radius 3 is 2.74 bits per heavy atom. The van der Waals surface area contributed by atoms with Crippen LogP contribution >= 0.6 is 0 Å². The molecule has 1 atom stereocenters. The molecule has 0 unspecified atom stereocenters. The monoisotopic (exact) mass is 468 g/mol. The molecule has 11 heteroatoms. The van der Waals surface area contributed by atoms with Gasteiger partial charge in [-0.25, -0.2) is 4.39 Å². The van der Waals surface area contributed by atoms with Crippen LogP contribution in [0.3, 0.4) is 0 Å². The number of hydrogen-bond acceptors (Lipinski definition) is 9. The van der Waals surface area contributed by atoms with Crippen molar-refractivity contribution < 1.29 is 23.4 Å². The van der Waals surface area contributed by atoms with Crippen LogP contribution in [0.1, 0.15) is 16.8 Å². The molecule has 1 fully saturated rings. The lowest BCUT2D eigenvalue weighted by Gasteiger charge is -2.18. The molecule has 3 aromatic rings. The molecule has 1 saturated heterocycles. The van der Waals surface area contributed by atoms with E-state index < -0.39 is 12.1 Å². The largest absolute Gasteiger partial charge is 0.492 e. The summed E-state index contributed by atoms with van der Waals surface area (Å²) in [4.78, 5) is 19.1. The van der Waals surface area contributed by atoms with Crippen molar-refractivity contribution in [3.8, 4) is 17.2 Å². The molecule has 10 nitrogen and oxygen atoms in total. The lowest BCUT2D eigenvalue weighted by atomic mass is 10.2. The number of anilines is 3. The van der Waals surface area contributed by atoms with E-state index in [1.807, 2.05) is 24.3 Å². The number of hydrogen-bond donors (Lipinski definition) is 2. The fourth-order valence-electron chi connectivity index (χ4n) is 3.87. The molecule has 2 aliphatic heterocycles. The summed E-state index contributed by atoms with van der Waals surface area (Å²) in [5.74, 6) is 1.51. The van der Waals surface area contributed by atoms with E-state index in [4.69, 9.17) is 19.9 Å². The van der Waals surface area contributed by atoms with Gasteiger partial charge in [0.1, 0.15) is 31.7 Å². The third-order valence-electron chi connectivity index (χ3n) is 5.62. The van der Waals surface area contributed by atoms with Gasteiger partial charge in [0.15, 0.2) is 11.5 Å². The van der Waals surface area contributed by atoms with Crippen LogP contribution in [0.25, 0.3) is 0 Å². The summed E-state index contributed by atoms with van der Waals surface area (Å²) in [6, 6.07) is 12.1. The van der Waals surface area contributed by atoms with Crippen molar-refractivity contribution >= 4 is 23.5 Å². The summed E-state index contributed by atoms with van der Waals surface area (Å²) in [7, 11) is 0. The normalized spacial score (nSPS) is 17.5. The number of benzene rings is 2. The number of halogens is 1. The average Bonchev–Trinajstić information content (AvgIpc) is 3.44. The number of carbonyl (C=O) groups is 1. The molecule has 34 heavy (non-hydrogen) atoms. The van der Waals surface area contributed by atoms with Gasteiger partial charge in [-0.15, -0.1) is 5.10 Å². The van der Waals surface area contributed by atoms with Crippen LogP contribution in [0.4, 0.5) is 22.0 Å². The van der Waals surface area contributed by atoms with Crippen LogP contribution in [-0.2, 0) is 0 Å². The van der Waals surface area contributed by atoms with Crippen molar-refractivity contribution in [1.29, 1.82) is 0 Å². The zero-order valence-electron chi connectivity index (χ0n) is 18.4. The van der Waals surface area contributed by atoms with E-state index in [1.54, 1.807) is 18.2 Å². The fraction of sp³-hybridized carbons (Fsp3) is 0.348. The minimum absolute atomic E-state index is 0.0419. The van der Waals surface area contributed by atoms with Crippen molar-refractivity contribution in [2.75, 3.05) is 50.5 Å². The van der Waals surface area contributed by atoms with Gasteiger partial charge in [0, 0.05) is 30.9 Å². The Balaban J connectivity index is 1.19. The standard InChI is InChI=1S/C23H25FN6O4/c24-16-7-8-29(14-16)9-10-32-18-4-2-17(3-5-18)26-23-27-22(25)30(28-23)21(31)15-1-6-19-20(13-15)34-12-11-33-19/h1-6,13,16H,7-12,14H2,(H3,25,26,27,28)/t16-/m0/s1. The van der Waals surface area contributed by atoms with Gasteiger partial charge in [-0.2, -0.15) is 9.67 Å². The summed E-state index contributed by atoms with van der Waals surface area (Å²) < 4.78 is 31.0. The highest BCUT2D eigenvalue weighted by atomic mass is 19.1. The number of alkyl halides is 1. The number of likely N-dealkylation sites (tertiary alicyclic amines) is 1. The number of nitrogens with zero attached hydrogens (tertiary/aromatic N) is 4. The summed E-state index contributed by atoms with van der Waals surface area (Å²) in [6.07, 6.45) is -0.134. The third kappa shape index (κ3) is 4.88. The van der Waals surface area contributed by atoms with Crippen LogP contribution in [0.5, 0.6) is 17.2 Å². The number of carbonyl (C=O) groups excluding carboxylic acids is 1. The van der Waals surface area contributed by atoms with Gasteiger partial charge in [-0.05, 0) is 48.9 Å². The Kier molecular flexibility index (Phi) is 6.17. The van der Waals surface area contributed by atoms with E-state index in [0.29, 0.717) is 67.8 Å². The highest BCUT2D eigenvalue weighted by molar-refractivity contribution is 5.97. The van der Waals surface area contributed by atoms with Gasteiger partial charge >= 0.3 is 0 Å². The molecular formula is C23H25FN6O4. The SMILES string of the molecule is Nc1nc(Nc2ccc(OCCN3CC[C@H](F)C3)cc2)nn1C(=O)c1ccc2c(c1)OCCO2. The minimum Gasteiger partial charge on any atom is -0.492 e. The predicted octanol–water partition coefficient (Wildman–Crippen LogP) is 2.49. The van der Waals surface area contributed by atoms with Crippen LogP contribution in [0, 0.1) is 0 Å². The van der Waals surface area contributed by atoms with Crippen LogP contribution in [-0.4, -0.2) is 71.2 Å².